The third-order valence-corrected chi connectivity index (χ3v) is 4.87. The Balaban J connectivity index is 1.68. The molecule has 0 unspecified atom stereocenters. The molecule has 0 amide bonds. The van der Waals surface area contributed by atoms with Gasteiger partial charge in [-0.25, -0.2) is 0 Å². The highest BCUT2D eigenvalue weighted by Gasteiger charge is 2.26. The maximum atomic E-state index is 5.48. The molecule has 0 aliphatic carbocycles. The Morgan fingerprint density at radius 3 is 2.42 bits per heavy atom. The maximum Gasteiger partial charge on any atom is 0.168 e. The van der Waals surface area contributed by atoms with Gasteiger partial charge < -0.3 is 15.1 Å². The van der Waals surface area contributed by atoms with Crippen molar-refractivity contribution in [2.24, 2.45) is 0 Å². The predicted octanol–water partition coefficient (Wildman–Crippen LogP) is 2.61. The fourth-order valence-electron chi connectivity index (χ4n) is 3.20. The SMILES string of the molecule is CCCCNC(=S)N1CCC(N2CCCCC2)CC1. The number of unbranched alkanes of at least 4 members (excludes halogenated alkanes) is 1. The third-order valence-electron chi connectivity index (χ3n) is 4.47. The first-order valence-electron chi connectivity index (χ1n) is 8.08. The fourth-order valence-corrected chi connectivity index (χ4v) is 3.49. The van der Waals surface area contributed by atoms with Crippen molar-refractivity contribution in [2.75, 3.05) is 32.7 Å². The van der Waals surface area contributed by atoms with Crippen molar-refractivity contribution in [2.45, 2.75) is 57.9 Å². The van der Waals surface area contributed by atoms with E-state index in [-0.39, 0.29) is 0 Å². The number of hydrogen-bond acceptors (Lipinski definition) is 2. The number of nitrogens with zero attached hydrogens (tertiary/aromatic N) is 2. The molecule has 0 aromatic carbocycles. The first-order chi connectivity index (χ1) is 9.31. The second-order valence-electron chi connectivity index (χ2n) is 5.90. The maximum absolute atomic E-state index is 5.48. The van der Waals surface area contributed by atoms with Crippen molar-refractivity contribution in [3.63, 3.8) is 0 Å². The Morgan fingerprint density at radius 1 is 1.11 bits per heavy atom. The predicted molar refractivity (Wildman–Crippen MR) is 85.5 cm³/mol. The highest BCUT2D eigenvalue weighted by Crippen LogP contribution is 2.20. The van der Waals surface area contributed by atoms with E-state index in [0.29, 0.717) is 0 Å². The molecule has 0 atom stereocenters. The van der Waals surface area contributed by atoms with Crippen LogP contribution in [0.25, 0.3) is 0 Å². The molecule has 2 saturated heterocycles. The van der Waals surface area contributed by atoms with E-state index in [9.17, 15) is 0 Å². The Morgan fingerprint density at radius 2 is 1.79 bits per heavy atom. The lowest BCUT2D eigenvalue weighted by Gasteiger charge is -2.41. The number of likely N-dealkylation sites (tertiary alicyclic amines) is 2. The van der Waals surface area contributed by atoms with Crippen LogP contribution in [0, 0.1) is 0 Å². The van der Waals surface area contributed by atoms with Crippen LogP contribution in [0.15, 0.2) is 0 Å². The molecule has 4 heteroatoms. The summed E-state index contributed by atoms with van der Waals surface area (Å²) in [6.45, 7) is 8.17. The van der Waals surface area contributed by atoms with Crippen molar-refractivity contribution in [3.8, 4) is 0 Å². The molecular formula is C15H29N3S. The molecule has 3 nitrogen and oxygen atoms in total. The van der Waals surface area contributed by atoms with E-state index in [2.05, 4.69) is 22.0 Å². The molecule has 19 heavy (non-hydrogen) atoms. The minimum absolute atomic E-state index is 0.815. The monoisotopic (exact) mass is 283 g/mol. The molecule has 110 valence electrons. The molecule has 1 N–H and O–H groups in total. The van der Waals surface area contributed by atoms with Gasteiger partial charge in [0.05, 0.1) is 0 Å². The summed E-state index contributed by atoms with van der Waals surface area (Å²) in [5.74, 6) is 0. The van der Waals surface area contributed by atoms with Crippen molar-refractivity contribution in [3.05, 3.63) is 0 Å². The molecule has 2 heterocycles. The van der Waals surface area contributed by atoms with Gasteiger partial charge in [-0.3, -0.25) is 0 Å². The highest BCUT2D eigenvalue weighted by molar-refractivity contribution is 7.80. The summed E-state index contributed by atoms with van der Waals surface area (Å²) < 4.78 is 0. The lowest BCUT2D eigenvalue weighted by Crippen LogP contribution is -2.50. The molecular weight excluding hydrogens is 254 g/mol. The average molecular weight is 283 g/mol. The zero-order valence-corrected chi connectivity index (χ0v) is 13.2. The van der Waals surface area contributed by atoms with Crippen LogP contribution in [0.3, 0.4) is 0 Å². The van der Waals surface area contributed by atoms with Crippen LogP contribution in [-0.4, -0.2) is 53.7 Å². The Kier molecular flexibility index (Phi) is 6.38. The molecule has 2 fully saturated rings. The van der Waals surface area contributed by atoms with Crippen molar-refractivity contribution >= 4 is 17.3 Å². The van der Waals surface area contributed by atoms with Gasteiger partial charge in [0.2, 0.25) is 0 Å². The van der Waals surface area contributed by atoms with E-state index in [1.54, 1.807) is 0 Å². The van der Waals surface area contributed by atoms with Crippen LogP contribution in [0.4, 0.5) is 0 Å². The average Bonchev–Trinajstić information content (AvgIpc) is 2.48. The molecule has 0 saturated carbocycles. The van der Waals surface area contributed by atoms with Crippen molar-refractivity contribution < 1.29 is 0 Å². The van der Waals surface area contributed by atoms with Crippen LogP contribution in [-0.2, 0) is 0 Å². The summed E-state index contributed by atoms with van der Waals surface area (Å²) in [6, 6.07) is 0.815. The highest BCUT2D eigenvalue weighted by atomic mass is 32.1. The first-order valence-corrected chi connectivity index (χ1v) is 8.49. The molecule has 0 bridgehead atoms. The summed E-state index contributed by atoms with van der Waals surface area (Å²) in [7, 11) is 0. The van der Waals surface area contributed by atoms with Crippen LogP contribution >= 0.6 is 12.2 Å². The van der Waals surface area contributed by atoms with Gasteiger partial charge in [-0.05, 0) is 57.4 Å². The van der Waals surface area contributed by atoms with E-state index in [1.807, 2.05) is 0 Å². The molecule has 0 spiro atoms. The second kappa shape index (κ2) is 8.05. The largest absolute Gasteiger partial charge is 0.363 e. The lowest BCUT2D eigenvalue weighted by molar-refractivity contribution is 0.114. The molecule has 2 rings (SSSR count). The van der Waals surface area contributed by atoms with Crippen LogP contribution in [0.5, 0.6) is 0 Å². The fraction of sp³-hybridized carbons (Fsp3) is 0.933. The molecule has 0 aromatic rings. The van der Waals surface area contributed by atoms with E-state index in [4.69, 9.17) is 12.2 Å². The Hall–Kier alpha value is -0.350. The third kappa shape index (κ3) is 4.60. The van der Waals surface area contributed by atoms with Gasteiger partial charge in [-0.2, -0.15) is 0 Å². The summed E-state index contributed by atoms with van der Waals surface area (Å²) in [4.78, 5) is 5.08. The standard InChI is InChI=1S/C15H29N3S/c1-2-3-9-16-15(19)18-12-7-14(8-13-18)17-10-5-4-6-11-17/h14H,2-13H2,1H3,(H,16,19). The summed E-state index contributed by atoms with van der Waals surface area (Å²) in [5, 5.41) is 4.37. The van der Waals surface area contributed by atoms with E-state index in [0.717, 1.165) is 30.8 Å². The molecule has 2 aliphatic rings. The Labute approximate surface area is 123 Å². The lowest BCUT2D eigenvalue weighted by atomic mass is 10.0. The quantitative estimate of drug-likeness (QED) is 0.631. The van der Waals surface area contributed by atoms with E-state index >= 15 is 0 Å². The zero-order valence-electron chi connectivity index (χ0n) is 12.4. The summed E-state index contributed by atoms with van der Waals surface area (Å²) in [6.07, 6.45) is 9.25. The van der Waals surface area contributed by atoms with Gasteiger partial charge in [-0.15, -0.1) is 0 Å². The van der Waals surface area contributed by atoms with Crippen molar-refractivity contribution in [1.29, 1.82) is 0 Å². The van der Waals surface area contributed by atoms with Gasteiger partial charge in [0, 0.05) is 25.7 Å². The topological polar surface area (TPSA) is 18.5 Å². The van der Waals surface area contributed by atoms with Gasteiger partial charge >= 0.3 is 0 Å². The molecule has 0 aromatic heterocycles. The van der Waals surface area contributed by atoms with Crippen LogP contribution in [0.2, 0.25) is 0 Å². The minimum atomic E-state index is 0.815. The number of hydrogen-bond donors (Lipinski definition) is 1. The smallest absolute Gasteiger partial charge is 0.168 e. The normalized spacial score (nSPS) is 22.5. The minimum Gasteiger partial charge on any atom is -0.363 e. The summed E-state index contributed by atoms with van der Waals surface area (Å²) in [5.41, 5.74) is 0. The van der Waals surface area contributed by atoms with Crippen LogP contribution < -0.4 is 5.32 Å². The van der Waals surface area contributed by atoms with E-state index < -0.39 is 0 Å². The van der Waals surface area contributed by atoms with Gasteiger partial charge in [0.1, 0.15) is 0 Å². The Bertz CT molecular complexity index is 269. The van der Waals surface area contributed by atoms with Crippen LogP contribution in [0.1, 0.15) is 51.9 Å². The number of thiocarbonyl (C=S) groups is 1. The summed E-state index contributed by atoms with van der Waals surface area (Å²) >= 11 is 5.48. The number of nitrogens with one attached hydrogen (secondary N) is 1. The first kappa shape index (κ1) is 15.0. The second-order valence-corrected chi connectivity index (χ2v) is 6.29. The van der Waals surface area contributed by atoms with Gasteiger partial charge in [0.15, 0.2) is 5.11 Å². The molecule has 0 radical (unpaired) electrons. The molecule has 2 aliphatic heterocycles. The number of rotatable bonds is 4. The van der Waals surface area contributed by atoms with Crippen molar-refractivity contribution in [1.82, 2.24) is 15.1 Å². The van der Waals surface area contributed by atoms with E-state index in [1.165, 1.54) is 58.0 Å². The van der Waals surface area contributed by atoms with Gasteiger partial charge in [-0.1, -0.05) is 19.8 Å². The zero-order chi connectivity index (χ0) is 13.5. The number of piperidine rings is 2. The van der Waals surface area contributed by atoms with Gasteiger partial charge in [0.25, 0.3) is 0 Å².